The Morgan fingerprint density at radius 3 is 2.50 bits per heavy atom. The molecule has 6 heteroatoms. The average molecular weight is 360 g/mol. The van der Waals surface area contributed by atoms with Crippen molar-refractivity contribution in [1.29, 1.82) is 0 Å². The smallest absolute Gasteiger partial charge is 0.123 e. The second kappa shape index (κ2) is 8.75. The highest BCUT2D eigenvalue weighted by Gasteiger charge is 2.27. The highest BCUT2D eigenvalue weighted by molar-refractivity contribution is 5.22. The highest BCUT2D eigenvalue weighted by atomic mass is 19.1. The molecule has 142 valence electrons. The van der Waals surface area contributed by atoms with Crippen molar-refractivity contribution in [3.63, 3.8) is 0 Å². The van der Waals surface area contributed by atoms with Gasteiger partial charge in [-0.05, 0) is 38.1 Å². The fourth-order valence-corrected chi connectivity index (χ4v) is 3.68. The minimum Gasteiger partial charge on any atom is -0.385 e. The number of methoxy groups -OCH3 is 1. The summed E-state index contributed by atoms with van der Waals surface area (Å²) in [4.78, 5) is 9.33. The predicted octanol–water partition coefficient (Wildman–Crippen LogP) is 2.96. The number of halogens is 1. The molecule has 0 aliphatic carbocycles. The molecule has 1 aromatic heterocycles. The van der Waals surface area contributed by atoms with Gasteiger partial charge >= 0.3 is 0 Å². The number of nitrogens with zero attached hydrogens (tertiary/aromatic N) is 4. The third-order valence-corrected chi connectivity index (χ3v) is 5.38. The molecule has 0 spiro atoms. The van der Waals surface area contributed by atoms with Crippen molar-refractivity contribution < 1.29 is 9.13 Å². The van der Waals surface area contributed by atoms with E-state index in [0.717, 1.165) is 38.2 Å². The first kappa shape index (κ1) is 19.0. The van der Waals surface area contributed by atoms with Crippen LogP contribution in [0.2, 0.25) is 0 Å². The van der Waals surface area contributed by atoms with Crippen molar-refractivity contribution in [1.82, 2.24) is 19.4 Å². The maximum absolute atomic E-state index is 13.3. The molecule has 5 nitrogen and oxygen atoms in total. The lowest BCUT2D eigenvalue weighted by atomic mass is 10.0. The van der Waals surface area contributed by atoms with Crippen molar-refractivity contribution in [2.75, 3.05) is 46.9 Å². The first-order valence-corrected chi connectivity index (χ1v) is 9.29. The zero-order valence-corrected chi connectivity index (χ0v) is 15.9. The Hall–Kier alpha value is -1.76. The van der Waals surface area contributed by atoms with Crippen molar-refractivity contribution >= 4 is 0 Å². The summed E-state index contributed by atoms with van der Waals surface area (Å²) in [6.07, 6.45) is 4.79. The van der Waals surface area contributed by atoms with Gasteiger partial charge in [-0.3, -0.25) is 4.90 Å². The van der Waals surface area contributed by atoms with E-state index in [9.17, 15) is 4.39 Å². The summed E-state index contributed by atoms with van der Waals surface area (Å²) >= 11 is 0. The molecule has 2 unspecified atom stereocenters. The number of aromatic nitrogens is 2. The number of piperazine rings is 1. The summed E-state index contributed by atoms with van der Waals surface area (Å²) in [7, 11) is 3.92. The molecule has 1 aliphatic rings. The van der Waals surface area contributed by atoms with Gasteiger partial charge < -0.3 is 14.2 Å². The van der Waals surface area contributed by atoms with Crippen molar-refractivity contribution in [2.24, 2.45) is 0 Å². The van der Waals surface area contributed by atoms with Gasteiger partial charge in [0.25, 0.3) is 0 Å². The summed E-state index contributed by atoms with van der Waals surface area (Å²) < 4.78 is 20.9. The molecule has 1 aliphatic heterocycles. The Bertz CT molecular complexity index is 679. The zero-order chi connectivity index (χ0) is 18.5. The Morgan fingerprint density at radius 1 is 1.15 bits per heavy atom. The molecule has 0 amide bonds. The fourth-order valence-electron chi connectivity index (χ4n) is 3.68. The summed E-state index contributed by atoms with van der Waals surface area (Å²) in [5.41, 5.74) is 2.28. The SMILES string of the molecule is COCCC(c1cncn1C(C)c1ccc(F)cc1)N1CCN(C)CC1. The number of likely N-dealkylation sites (N-methyl/N-ethyl adjacent to an activating group) is 1. The third-order valence-electron chi connectivity index (χ3n) is 5.38. The van der Waals surface area contributed by atoms with Gasteiger partial charge in [-0.15, -0.1) is 0 Å². The Kier molecular flexibility index (Phi) is 6.40. The summed E-state index contributed by atoms with van der Waals surface area (Å²) in [6, 6.07) is 7.11. The minimum atomic E-state index is -0.206. The van der Waals surface area contributed by atoms with Crippen LogP contribution in [0.5, 0.6) is 0 Å². The van der Waals surface area contributed by atoms with Crippen LogP contribution in [0, 0.1) is 5.82 Å². The molecule has 1 fully saturated rings. The maximum atomic E-state index is 13.3. The molecular weight excluding hydrogens is 331 g/mol. The van der Waals surface area contributed by atoms with E-state index in [1.807, 2.05) is 24.7 Å². The quantitative estimate of drug-likeness (QED) is 0.760. The topological polar surface area (TPSA) is 33.5 Å². The standard InChI is InChI=1S/C20H29FN4O/c1-16(17-4-6-18(21)7-5-17)25-15-22-14-20(25)19(8-13-26-3)24-11-9-23(2)10-12-24/h4-7,14-16,19H,8-13H2,1-3H3. The Labute approximate surface area is 155 Å². The first-order valence-electron chi connectivity index (χ1n) is 9.29. The molecule has 1 aromatic carbocycles. The summed E-state index contributed by atoms with van der Waals surface area (Å²) in [5.74, 6) is -0.206. The van der Waals surface area contributed by atoms with E-state index in [-0.39, 0.29) is 17.9 Å². The molecule has 1 saturated heterocycles. The van der Waals surface area contributed by atoms with E-state index < -0.39 is 0 Å². The second-order valence-corrected chi connectivity index (χ2v) is 7.09. The van der Waals surface area contributed by atoms with Crippen LogP contribution in [-0.2, 0) is 4.74 Å². The van der Waals surface area contributed by atoms with Crippen LogP contribution in [0.3, 0.4) is 0 Å². The molecule has 2 atom stereocenters. The van der Waals surface area contributed by atoms with Gasteiger partial charge in [0, 0.05) is 46.1 Å². The molecule has 3 rings (SSSR count). The average Bonchev–Trinajstić information content (AvgIpc) is 3.13. The normalized spacial score (nSPS) is 18.8. The minimum absolute atomic E-state index is 0.102. The van der Waals surface area contributed by atoms with E-state index in [2.05, 4.69) is 33.3 Å². The number of hydrogen-bond donors (Lipinski definition) is 0. The molecule has 2 heterocycles. The van der Waals surface area contributed by atoms with Crippen molar-refractivity contribution in [2.45, 2.75) is 25.4 Å². The van der Waals surface area contributed by atoms with E-state index in [1.165, 1.54) is 17.8 Å². The summed E-state index contributed by atoms with van der Waals surface area (Å²) in [5, 5.41) is 0. The number of benzene rings is 1. The number of hydrogen-bond acceptors (Lipinski definition) is 4. The molecule has 2 aromatic rings. The van der Waals surface area contributed by atoms with Crippen LogP contribution in [0.4, 0.5) is 4.39 Å². The molecule has 26 heavy (non-hydrogen) atoms. The third kappa shape index (κ3) is 4.31. The fraction of sp³-hybridized carbons (Fsp3) is 0.550. The van der Waals surface area contributed by atoms with E-state index in [4.69, 9.17) is 4.74 Å². The predicted molar refractivity (Wildman–Crippen MR) is 101 cm³/mol. The largest absolute Gasteiger partial charge is 0.385 e. The monoisotopic (exact) mass is 360 g/mol. The molecule has 0 saturated carbocycles. The number of ether oxygens (including phenoxy) is 1. The van der Waals surface area contributed by atoms with Crippen LogP contribution in [0.25, 0.3) is 0 Å². The van der Waals surface area contributed by atoms with Crippen LogP contribution in [-0.4, -0.2) is 66.3 Å². The van der Waals surface area contributed by atoms with Gasteiger partial charge in [0.15, 0.2) is 0 Å². The maximum Gasteiger partial charge on any atom is 0.123 e. The van der Waals surface area contributed by atoms with E-state index >= 15 is 0 Å². The van der Waals surface area contributed by atoms with Crippen molar-refractivity contribution in [3.05, 3.63) is 53.9 Å². The van der Waals surface area contributed by atoms with Crippen molar-refractivity contribution in [3.8, 4) is 0 Å². The van der Waals surface area contributed by atoms with E-state index in [1.54, 1.807) is 7.11 Å². The first-order chi connectivity index (χ1) is 12.6. The van der Waals surface area contributed by atoms with Crippen LogP contribution in [0.15, 0.2) is 36.8 Å². The zero-order valence-electron chi connectivity index (χ0n) is 15.9. The second-order valence-electron chi connectivity index (χ2n) is 7.09. The van der Waals surface area contributed by atoms with Gasteiger partial charge in [0.1, 0.15) is 5.82 Å². The molecule has 0 radical (unpaired) electrons. The number of rotatable bonds is 7. The molecule has 0 N–H and O–H groups in total. The van der Waals surface area contributed by atoms with Gasteiger partial charge in [-0.1, -0.05) is 12.1 Å². The lowest BCUT2D eigenvalue weighted by Crippen LogP contribution is -2.46. The van der Waals surface area contributed by atoms with Gasteiger partial charge in [0.2, 0.25) is 0 Å². The van der Waals surface area contributed by atoms with Crippen LogP contribution >= 0.6 is 0 Å². The molecular formula is C20H29FN4O. The molecule has 0 bridgehead atoms. The lowest BCUT2D eigenvalue weighted by Gasteiger charge is -2.38. The number of imidazole rings is 1. The van der Waals surface area contributed by atoms with Gasteiger partial charge in [-0.2, -0.15) is 0 Å². The van der Waals surface area contributed by atoms with Crippen LogP contribution < -0.4 is 0 Å². The summed E-state index contributed by atoms with van der Waals surface area (Å²) in [6.45, 7) is 7.08. The van der Waals surface area contributed by atoms with Gasteiger partial charge in [0.05, 0.1) is 24.1 Å². The highest BCUT2D eigenvalue weighted by Crippen LogP contribution is 2.29. The van der Waals surface area contributed by atoms with E-state index in [0.29, 0.717) is 6.61 Å². The Morgan fingerprint density at radius 2 is 1.85 bits per heavy atom. The van der Waals surface area contributed by atoms with Crippen LogP contribution in [0.1, 0.15) is 36.7 Å². The lowest BCUT2D eigenvalue weighted by molar-refractivity contribution is 0.0820. The van der Waals surface area contributed by atoms with Gasteiger partial charge in [-0.25, -0.2) is 9.37 Å². The Balaban J connectivity index is 1.85.